The van der Waals surface area contributed by atoms with E-state index in [0.29, 0.717) is 0 Å². The summed E-state index contributed by atoms with van der Waals surface area (Å²) in [6.45, 7) is 0.766. The smallest absolute Gasteiger partial charge is 0.126 e. The van der Waals surface area contributed by atoms with E-state index in [-0.39, 0.29) is 0 Å². The minimum Gasteiger partial charge on any atom is -0.496 e. The van der Waals surface area contributed by atoms with Gasteiger partial charge in [-0.05, 0) is 49.1 Å². The van der Waals surface area contributed by atoms with Crippen LogP contribution in [0.1, 0.15) is 18.4 Å². The molecule has 0 radical (unpaired) electrons. The van der Waals surface area contributed by atoms with Gasteiger partial charge in [0.15, 0.2) is 0 Å². The summed E-state index contributed by atoms with van der Waals surface area (Å²) in [5, 5.41) is 0. The van der Waals surface area contributed by atoms with Crippen LogP contribution in [0.5, 0.6) is 5.75 Å². The molecule has 0 spiro atoms. The zero-order valence-electron chi connectivity index (χ0n) is 11.4. The second-order valence-corrected chi connectivity index (χ2v) is 4.65. The van der Waals surface area contributed by atoms with Gasteiger partial charge in [-0.25, -0.2) is 0 Å². The molecule has 100 valence electrons. The lowest BCUT2D eigenvalue weighted by Gasteiger charge is -2.11. The molecule has 0 aliphatic rings. The lowest BCUT2D eigenvalue weighted by atomic mass is 9.99. The van der Waals surface area contributed by atoms with Crippen LogP contribution >= 0.6 is 0 Å². The van der Waals surface area contributed by atoms with Gasteiger partial charge in [0.1, 0.15) is 5.75 Å². The van der Waals surface area contributed by atoms with E-state index in [1.54, 1.807) is 7.11 Å². The van der Waals surface area contributed by atoms with Crippen LogP contribution in [-0.2, 0) is 6.42 Å². The van der Waals surface area contributed by atoms with Crippen molar-refractivity contribution in [2.24, 2.45) is 5.73 Å². The van der Waals surface area contributed by atoms with Gasteiger partial charge in [-0.1, -0.05) is 36.4 Å². The molecule has 0 atom stereocenters. The van der Waals surface area contributed by atoms with E-state index in [0.717, 1.165) is 37.1 Å². The van der Waals surface area contributed by atoms with Crippen LogP contribution < -0.4 is 10.5 Å². The highest BCUT2D eigenvalue weighted by Crippen LogP contribution is 2.31. The van der Waals surface area contributed by atoms with Crippen LogP contribution in [0.25, 0.3) is 11.1 Å². The predicted octanol–water partition coefficient (Wildman–Crippen LogP) is 3.64. The highest BCUT2D eigenvalue weighted by molar-refractivity contribution is 5.71. The number of nitrogens with two attached hydrogens (primary N) is 1. The fraction of sp³-hybridized carbons (Fsp3) is 0.294. The van der Waals surface area contributed by atoms with Crippen LogP contribution in [0, 0.1) is 0 Å². The molecule has 0 amide bonds. The molecule has 2 nitrogen and oxygen atoms in total. The molecule has 19 heavy (non-hydrogen) atoms. The predicted molar refractivity (Wildman–Crippen MR) is 80.4 cm³/mol. The molecule has 0 saturated heterocycles. The first-order chi connectivity index (χ1) is 9.35. The van der Waals surface area contributed by atoms with Crippen molar-refractivity contribution in [2.75, 3.05) is 13.7 Å². The van der Waals surface area contributed by atoms with Crippen molar-refractivity contribution in [3.05, 3.63) is 54.1 Å². The summed E-state index contributed by atoms with van der Waals surface area (Å²) in [6.07, 6.45) is 3.28. The van der Waals surface area contributed by atoms with Gasteiger partial charge in [0.25, 0.3) is 0 Å². The summed E-state index contributed by atoms with van der Waals surface area (Å²) >= 11 is 0. The highest BCUT2D eigenvalue weighted by atomic mass is 16.5. The average Bonchev–Trinajstić information content (AvgIpc) is 2.48. The summed E-state index contributed by atoms with van der Waals surface area (Å²) in [4.78, 5) is 0. The standard InChI is InChI=1S/C17H21NO/c1-19-17-11-10-14(7-5-6-12-18)13-16(17)15-8-3-2-4-9-15/h2-4,8-11,13H,5-7,12,18H2,1H3. The van der Waals surface area contributed by atoms with Gasteiger partial charge in [-0.2, -0.15) is 0 Å². The third-order valence-corrected chi connectivity index (χ3v) is 3.27. The maximum Gasteiger partial charge on any atom is 0.126 e. The van der Waals surface area contributed by atoms with Crippen LogP contribution in [0.4, 0.5) is 0 Å². The number of ether oxygens (including phenoxy) is 1. The molecule has 2 aromatic rings. The molecule has 2 rings (SSSR count). The quantitative estimate of drug-likeness (QED) is 0.800. The Labute approximate surface area is 115 Å². The van der Waals surface area contributed by atoms with Crippen LogP contribution in [0.2, 0.25) is 0 Å². The van der Waals surface area contributed by atoms with Crippen molar-refractivity contribution >= 4 is 0 Å². The molecule has 0 fully saturated rings. The van der Waals surface area contributed by atoms with Gasteiger partial charge >= 0.3 is 0 Å². The summed E-state index contributed by atoms with van der Waals surface area (Å²) < 4.78 is 5.46. The van der Waals surface area contributed by atoms with Gasteiger partial charge in [0.05, 0.1) is 7.11 Å². The van der Waals surface area contributed by atoms with Crippen molar-refractivity contribution in [3.63, 3.8) is 0 Å². The van der Waals surface area contributed by atoms with Crippen LogP contribution in [0.3, 0.4) is 0 Å². The number of aryl methyl sites for hydroxylation is 1. The van der Waals surface area contributed by atoms with Crippen LogP contribution in [-0.4, -0.2) is 13.7 Å². The first-order valence-electron chi connectivity index (χ1n) is 6.77. The lowest BCUT2D eigenvalue weighted by Crippen LogP contribution is -1.99. The number of hydrogen-bond acceptors (Lipinski definition) is 2. The Morgan fingerprint density at radius 2 is 1.79 bits per heavy atom. The Hall–Kier alpha value is -1.80. The average molecular weight is 255 g/mol. The van der Waals surface area contributed by atoms with Crippen LogP contribution in [0.15, 0.2) is 48.5 Å². The first-order valence-corrected chi connectivity index (χ1v) is 6.77. The summed E-state index contributed by atoms with van der Waals surface area (Å²) in [6, 6.07) is 16.8. The van der Waals surface area contributed by atoms with E-state index in [1.807, 2.05) is 6.07 Å². The summed E-state index contributed by atoms with van der Waals surface area (Å²) in [5.74, 6) is 0.925. The molecule has 0 aromatic heterocycles. The van der Waals surface area contributed by atoms with Gasteiger partial charge in [-0.3, -0.25) is 0 Å². The minimum absolute atomic E-state index is 0.766. The third-order valence-electron chi connectivity index (χ3n) is 3.27. The second kappa shape index (κ2) is 6.95. The summed E-state index contributed by atoms with van der Waals surface area (Å²) in [5.41, 5.74) is 9.24. The zero-order chi connectivity index (χ0) is 13.5. The monoisotopic (exact) mass is 255 g/mol. The molecular formula is C17H21NO. The molecule has 2 heteroatoms. The molecular weight excluding hydrogens is 234 g/mol. The van der Waals surface area contributed by atoms with Crippen molar-refractivity contribution < 1.29 is 4.74 Å². The molecule has 0 unspecified atom stereocenters. The van der Waals surface area contributed by atoms with E-state index < -0.39 is 0 Å². The topological polar surface area (TPSA) is 35.2 Å². The SMILES string of the molecule is COc1ccc(CCCCN)cc1-c1ccccc1. The largest absolute Gasteiger partial charge is 0.496 e. The second-order valence-electron chi connectivity index (χ2n) is 4.65. The van der Waals surface area contributed by atoms with E-state index in [9.17, 15) is 0 Å². The molecule has 0 aliphatic carbocycles. The fourth-order valence-corrected chi connectivity index (χ4v) is 2.23. The zero-order valence-corrected chi connectivity index (χ0v) is 11.4. The first kappa shape index (κ1) is 13.6. The summed E-state index contributed by atoms with van der Waals surface area (Å²) in [7, 11) is 1.72. The fourth-order valence-electron chi connectivity index (χ4n) is 2.23. The van der Waals surface area contributed by atoms with Crippen molar-refractivity contribution in [1.82, 2.24) is 0 Å². The normalized spacial score (nSPS) is 10.4. The number of benzene rings is 2. The van der Waals surface area contributed by atoms with Gasteiger partial charge in [0.2, 0.25) is 0 Å². The van der Waals surface area contributed by atoms with Gasteiger partial charge < -0.3 is 10.5 Å². The van der Waals surface area contributed by atoms with Gasteiger partial charge in [-0.15, -0.1) is 0 Å². The molecule has 0 saturated carbocycles. The van der Waals surface area contributed by atoms with E-state index in [1.165, 1.54) is 11.1 Å². The Kier molecular flexibility index (Phi) is 4.99. The lowest BCUT2D eigenvalue weighted by molar-refractivity contribution is 0.416. The Morgan fingerprint density at radius 3 is 2.47 bits per heavy atom. The molecule has 2 N–H and O–H groups in total. The Balaban J connectivity index is 2.27. The number of hydrogen-bond donors (Lipinski definition) is 1. The molecule has 2 aromatic carbocycles. The van der Waals surface area contributed by atoms with E-state index in [4.69, 9.17) is 10.5 Å². The number of methoxy groups -OCH3 is 1. The maximum absolute atomic E-state index is 5.54. The van der Waals surface area contributed by atoms with Crippen molar-refractivity contribution in [2.45, 2.75) is 19.3 Å². The van der Waals surface area contributed by atoms with Crippen molar-refractivity contribution in [3.8, 4) is 16.9 Å². The Morgan fingerprint density at radius 1 is 1.00 bits per heavy atom. The van der Waals surface area contributed by atoms with E-state index >= 15 is 0 Å². The molecule has 0 heterocycles. The third kappa shape index (κ3) is 3.58. The van der Waals surface area contributed by atoms with E-state index in [2.05, 4.69) is 42.5 Å². The number of unbranched alkanes of at least 4 members (excludes halogenated alkanes) is 1. The number of rotatable bonds is 6. The molecule has 0 aliphatic heterocycles. The maximum atomic E-state index is 5.54. The van der Waals surface area contributed by atoms with Crippen molar-refractivity contribution in [1.29, 1.82) is 0 Å². The molecule has 0 bridgehead atoms. The Bertz CT molecular complexity index is 508. The van der Waals surface area contributed by atoms with Gasteiger partial charge in [0, 0.05) is 5.56 Å². The minimum atomic E-state index is 0.766. The highest BCUT2D eigenvalue weighted by Gasteiger charge is 2.06.